The van der Waals surface area contributed by atoms with Gasteiger partial charge in [-0.15, -0.1) is 0 Å². The molecule has 3 rings (SSSR count). The molecule has 2 bridgehead atoms. The van der Waals surface area contributed by atoms with Gasteiger partial charge in [-0.2, -0.15) is 0 Å². The van der Waals surface area contributed by atoms with Crippen LogP contribution in [0.4, 0.5) is 0 Å². The van der Waals surface area contributed by atoms with Gasteiger partial charge in [0.15, 0.2) is 0 Å². The van der Waals surface area contributed by atoms with Crippen molar-refractivity contribution in [2.24, 2.45) is 11.8 Å². The second-order valence-corrected chi connectivity index (χ2v) is 10.0. The number of methoxy groups -OCH3 is 1. The van der Waals surface area contributed by atoms with Crippen molar-refractivity contribution in [3.8, 4) is 5.75 Å². The van der Waals surface area contributed by atoms with Crippen LogP contribution in [0.1, 0.15) is 78.2 Å². The Labute approximate surface area is 203 Å². The molecular formula is C27H41NO6. The summed E-state index contributed by atoms with van der Waals surface area (Å²) in [6, 6.07) is 6.62. The second-order valence-electron chi connectivity index (χ2n) is 10.0. The smallest absolute Gasteiger partial charge is 0.328 e. The highest BCUT2D eigenvalue weighted by molar-refractivity contribution is 5.89. The van der Waals surface area contributed by atoms with Crippen molar-refractivity contribution in [3.63, 3.8) is 0 Å². The average Bonchev–Trinajstić information content (AvgIpc) is 2.78. The number of benzene rings is 1. The molecule has 0 saturated heterocycles. The number of carbonyl (C=O) groups is 3. The fourth-order valence-electron chi connectivity index (χ4n) is 4.23. The van der Waals surface area contributed by atoms with E-state index in [2.05, 4.69) is 12.2 Å². The molecule has 2 aliphatic heterocycles. The third-order valence-electron chi connectivity index (χ3n) is 5.99. The largest absolute Gasteiger partial charge is 0.494 e. The van der Waals surface area contributed by atoms with Crippen molar-refractivity contribution in [2.75, 3.05) is 13.7 Å². The number of amides is 1. The number of rotatable bonds is 7. The summed E-state index contributed by atoms with van der Waals surface area (Å²) in [6.07, 6.45) is 5.86. The minimum absolute atomic E-state index is 0.290. The Morgan fingerprint density at radius 2 is 1.79 bits per heavy atom. The molecule has 2 heterocycles. The van der Waals surface area contributed by atoms with Gasteiger partial charge in [0.25, 0.3) is 0 Å². The van der Waals surface area contributed by atoms with Crippen LogP contribution in [-0.4, -0.2) is 43.2 Å². The van der Waals surface area contributed by atoms with E-state index in [1.165, 1.54) is 7.11 Å². The summed E-state index contributed by atoms with van der Waals surface area (Å²) in [7, 11) is 1.31. The Hall–Kier alpha value is -2.57. The zero-order valence-corrected chi connectivity index (χ0v) is 21.4. The van der Waals surface area contributed by atoms with Crippen LogP contribution >= 0.6 is 0 Å². The van der Waals surface area contributed by atoms with E-state index in [1.54, 1.807) is 0 Å². The van der Waals surface area contributed by atoms with Gasteiger partial charge in [-0.1, -0.05) is 44.7 Å². The van der Waals surface area contributed by atoms with Gasteiger partial charge >= 0.3 is 11.9 Å². The molecule has 34 heavy (non-hydrogen) atoms. The molecule has 0 spiro atoms. The summed E-state index contributed by atoms with van der Waals surface area (Å²) in [5.41, 5.74) is 0.217. The molecule has 1 aromatic rings. The maximum Gasteiger partial charge on any atom is 0.328 e. The van der Waals surface area contributed by atoms with Crippen molar-refractivity contribution in [1.82, 2.24) is 5.32 Å². The van der Waals surface area contributed by atoms with Crippen LogP contribution in [0.25, 0.3) is 0 Å². The topological polar surface area (TPSA) is 90.9 Å². The number of fused-ring (bicyclic) bond motifs is 11. The predicted molar refractivity (Wildman–Crippen MR) is 130 cm³/mol. The van der Waals surface area contributed by atoms with Crippen LogP contribution in [-0.2, 0) is 30.3 Å². The number of carbonyl (C=O) groups excluding carboxylic acids is 3. The first-order valence-corrected chi connectivity index (χ1v) is 12.5. The summed E-state index contributed by atoms with van der Waals surface area (Å²) < 4.78 is 16.5. The van der Waals surface area contributed by atoms with Crippen molar-refractivity contribution in [1.29, 1.82) is 0 Å². The normalized spacial score (nSPS) is 21.7. The summed E-state index contributed by atoms with van der Waals surface area (Å²) >= 11 is 0. The molecule has 0 saturated carbocycles. The van der Waals surface area contributed by atoms with E-state index >= 15 is 0 Å². The summed E-state index contributed by atoms with van der Waals surface area (Å²) in [4.78, 5) is 39.3. The zero-order valence-electron chi connectivity index (χ0n) is 21.4. The molecule has 1 N–H and O–H groups in total. The molecule has 0 radical (unpaired) electrons. The van der Waals surface area contributed by atoms with Gasteiger partial charge in [-0.25, -0.2) is 4.79 Å². The van der Waals surface area contributed by atoms with E-state index in [9.17, 15) is 14.4 Å². The van der Waals surface area contributed by atoms with Crippen LogP contribution in [0.15, 0.2) is 24.3 Å². The lowest BCUT2D eigenvalue weighted by Gasteiger charge is -2.30. The first-order chi connectivity index (χ1) is 16.1. The molecule has 1 aromatic carbocycles. The van der Waals surface area contributed by atoms with Gasteiger partial charge in [-0.05, 0) is 57.7 Å². The van der Waals surface area contributed by atoms with Gasteiger partial charge in [0.1, 0.15) is 17.4 Å². The van der Waals surface area contributed by atoms with Crippen molar-refractivity contribution in [3.05, 3.63) is 29.8 Å². The van der Waals surface area contributed by atoms with Crippen molar-refractivity contribution in [2.45, 2.75) is 90.7 Å². The third kappa shape index (κ3) is 8.99. The fourth-order valence-corrected chi connectivity index (χ4v) is 4.23. The molecule has 0 fully saturated rings. The third-order valence-corrected chi connectivity index (χ3v) is 5.99. The molecule has 1 amide bonds. The number of esters is 2. The van der Waals surface area contributed by atoms with Crippen LogP contribution in [0.2, 0.25) is 0 Å². The SMILES string of the molecule is CCCCCC[C@H]1C(=O)N[C@H](C(=O)OC)Cc2ccc(cc2)OCCC[C@@H]1C(=O)OC(C)(C)C. The molecule has 3 atom stereocenters. The van der Waals surface area contributed by atoms with E-state index < -0.39 is 29.4 Å². The zero-order chi connectivity index (χ0) is 25.1. The minimum Gasteiger partial charge on any atom is -0.494 e. The molecule has 0 aliphatic carbocycles. The second kappa shape index (κ2) is 13.4. The lowest BCUT2D eigenvalue weighted by Crippen LogP contribution is -2.48. The molecule has 0 unspecified atom stereocenters. The van der Waals surface area contributed by atoms with Crippen LogP contribution in [0.5, 0.6) is 5.75 Å². The molecule has 2 aliphatic rings. The highest BCUT2D eigenvalue weighted by Crippen LogP contribution is 2.28. The monoisotopic (exact) mass is 475 g/mol. The van der Waals surface area contributed by atoms with E-state index in [0.29, 0.717) is 32.3 Å². The number of hydrogen-bond donors (Lipinski definition) is 1. The molecule has 0 aromatic heterocycles. The first kappa shape index (κ1) is 27.7. The highest BCUT2D eigenvalue weighted by atomic mass is 16.6. The molecular weight excluding hydrogens is 434 g/mol. The first-order valence-electron chi connectivity index (χ1n) is 12.5. The van der Waals surface area contributed by atoms with Gasteiger partial charge < -0.3 is 19.5 Å². The summed E-state index contributed by atoms with van der Waals surface area (Å²) in [6.45, 7) is 8.04. The van der Waals surface area contributed by atoms with E-state index in [4.69, 9.17) is 14.2 Å². The highest BCUT2D eigenvalue weighted by Gasteiger charge is 2.37. The average molecular weight is 476 g/mol. The maximum absolute atomic E-state index is 13.6. The number of ether oxygens (including phenoxy) is 3. The number of hydrogen-bond acceptors (Lipinski definition) is 6. The Bertz CT molecular complexity index is 798. The van der Waals surface area contributed by atoms with Crippen LogP contribution in [0.3, 0.4) is 0 Å². The Balaban J connectivity index is 2.37. The van der Waals surface area contributed by atoms with E-state index in [-0.39, 0.29) is 11.9 Å². The molecule has 7 heteroatoms. The Kier molecular flexibility index (Phi) is 10.9. The fraction of sp³-hybridized carbons (Fsp3) is 0.667. The Morgan fingerprint density at radius 1 is 1.09 bits per heavy atom. The Morgan fingerprint density at radius 3 is 2.41 bits per heavy atom. The van der Waals surface area contributed by atoms with Crippen molar-refractivity contribution < 1.29 is 28.6 Å². The minimum atomic E-state index is -0.843. The van der Waals surface area contributed by atoms with Crippen LogP contribution in [0, 0.1) is 11.8 Å². The van der Waals surface area contributed by atoms with Gasteiger partial charge in [0.2, 0.25) is 5.91 Å². The standard InChI is InChI=1S/C27H41NO6/c1-6-7-8-9-11-21-22(25(30)34-27(2,3)4)12-10-17-33-20-15-13-19(14-16-20)18-23(26(31)32-5)28-24(21)29/h13-16,21-23H,6-12,17-18H2,1-5H3,(H,28,29)/t21-,22+,23+/m1/s1. The van der Waals surface area contributed by atoms with Crippen LogP contribution < -0.4 is 10.1 Å². The van der Waals surface area contributed by atoms with Gasteiger partial charge in [0, 0.05) is 6.42 Å². The quantitative estimate of drug-likeness (QED) is 0.458. The van der Waals surface area contributed by atoms with Gasteiger partial charge in [-0.3, -0.25) is 9.59 Å². The van der Waals surface area contributed by atoms with E-state index in [1.807, 2.05) is 45.0 Å². The number of unbranched alkanes of at least 4 members (excludes halogenated alkanes) is 3. The lowest BCUT2D eigenvalue weighted by atomic mass is 9.83. The summed E-state index contributed by atoms with van der Waals surface area (Å²) in [5, 5.41) is 2.89. The molecule has 7 nitrogen and oxygen atoms in total. The van der Waals surface area contributed by atoms with Gasteiger partial charge in [0.05, 0.1) is 25.6 Å². The van der Waals surface area contributed by atoms with Crippen molar-refractivity contribution >= 4 is 17.8 Å². The molecule has 190 valence electrons. The predicted octanol–water partition coefficient (Wildman–Crippen LogP) is 4.60. The lowest BCUT2D eigenvalue weighted by molar-refractivity contribution is -0.164. The maximum atomic E-state index is 13.6. The number of nitrogens with one attached hydrogen (secondary N) is 1. The summed E-state index contributed by atoms with van der Waals surface area (Å²) in [5.74, 6) is -1.69. The van der Waals surface area contributed by atoms with E-state index in [0.717, 1.165) is 37.0 Å².